The van der Waals surface area contributed by atoms with E-state index in [4.69, 9.17) is 5.10 Å². The Hall–Kier alpha value is -2.47. The van der Waals surface area contributed by atoms with E-state index in [2.05, 4.69) is 17.1 Å². The molecule has 26 heavy (non-hydrogen) atoms. The van der Waals surface area contributed by atoms with Crippen molar-refractivity contribution in [1.29, 1.82) is 0 Å². The molecule has 0 saturated heterocycles. The van der Waals surface area contributed by atoms with Gasteiger partial charge in [-0.25, -0.2) is 4.98 Å². The number of benzene rings is 1. The summed E-state index contributed by atoms with van der Waals surface area (Å²) in [5, 5.41) is 7.74. The Morgan fingerprint density at radius 3 is 2.69 bits per heavy atom. The molecule has 0 radical (unpaired) electrons. The van der Waals surface area contributed by atoms with Gasteiger partial charge in [-0.15, -0.1) is 11.3 Å². The fraction of sp³-hybridized carbons (Fsp3) is 0.350. The molecule has 0 spiro atoms. The van der Waals surface area contributed by atoms with Crippen molar-refractivity contribution in [1.82, 2.24) is 19.7 Å². The molecule has 0 unspecified atom stereocenters. The molecule has 2 aromatic heterocycles. The highest BCUT2D eigenvalue weighted by Gasteiger charge is 2.24. The van der Waals surface area contributed by atoms with E-state index in [1.807, 2.05) is 47.1 Å². The van der Waals surface area contributed by atoms with Gasteiger partial charge in [0.2, 0.25) is 5.91 Å². The molecule has 0 aliphatic carbocycles. The van der Waals surface area contributed by atoms with Gasteiger partial charge in [0.1, 0.15) is 0 Å². The molecule has 3 heterocycles. The zero-order chi connectivity index (χ0) is 18.1. The molecule has 1 aliphatic rings. The first kappa shape index (κ1) is 17.0. The van der Waals surface area contributed by atoms with Gasteiger partial charge in [-0.3, -0.25) is 9.48 Å². The van der Waals surface area contributed by atoms with Crippen molar-refractivity contribution in [2.75, 3.05) is 13.1 Å². The lowest BCUT2D eigenvalue weighted by atomic mass is 10.0. The maximum atomic E-state index is 12.7. The maximum Gasteiger partial charge on any atom is 0.228 e. The van der Waals surface area contributed by atoms with Crippen molar-refractivity contribution in [2.45, 2.75) is 26.2 Å². The molecule has 134 valence electrons. The van der Waals surface area contributed by atoms with Crippen LogP contribution in [0.4, 0.5) is 0 Å². The van der Waals surface area contributed by atoms with Gasteiger partial charge in [-0.05, 0) is 13.3 Å². The van der Waals surface area contributed by atoms with Crippen LogP contribution in [0.1, 0.15) is 22.0 Å². The van der Waals surface area contributed by atoms with Gasteiger partial charge in [-0.2, -0.15) is 5.10 Å². The second-order valence-corrected chi connectivity index (χ2v) is 7.74. The number of aryl methyl sites for hydroxylation is 2. The minimum absolute atomic E-state index is 0.164. The van der Waals surface area contributed by atoms with E-state index in [-0.39, 0.29) is 5.91 Å². The Bertz CT molecular complexity index is 929. The Balaban J connectivity index is 1.53. The quantitative estimate of drug-likeness (QED) is 0.716. The number of hydrogen-bond donors (Lipinski definition) is 0. The minimum Gasteiger partial charge on any atom is -0.342 e. The summed E-state index contributed by atoms with van der Waals surface area (Å²) in [6.07, 6.45) is 2.08. The third kappa shape index (κ3) is 3.29. The van der Waals surface area contributed by atoms with E-state index in [0.29, 0.717) is 6.42 Å². The van der Waals surface area contributed by atoms with Crippen LogP contribution in [0.25, 0.3) is 11.3 Å². The summed E-state index contributed by atoms with van der Waals surface area (Å²) in [5.41, 5.74) is 5.59. The number of thiazole rings is 1. The van der Waals surface area contributed by atoms with Crippen LogP contribution in [0.3, 0.4) is 0 Å². The van der Waals surface area contributed by atoms with Gasteiger partial charge in [0.05, 0.1) is 22.8 Å². The molecular weight excluding hydrogens is 344 g/mol. The van der Waals surface area contributed by atoms with Crippen LogP contribution in [-0.4, -0.2) is 38.7 Å². The molecule has 0 atom stereocenters. The standard InChI is InChI=1S/C20H22N4OS/c1-14-21-16(13-26-14)12-19(25)24-10-8-17-18(9-11-24)23(2)22-20(17)15-6-4-3-5-7-15/h3-7,13H,8-12H2,1-2H3. The number of fused-ring (bicyclic) bond motifs is 1. The van der Waals surface area contributed by atoms with Crippen molar-refractivity contribution >= 4 is 17.2 Å². The zero-order valence-electron chi connectivity index (χ0n) is 15.1. The first-order chi connectivity index (χ1) is 12.6. The number of carbonyl (C=O) groups is 1. The summed E-state index contributed by atoms with van der Waals surface area (Å²) in [6, 6.07) is 10.3. The van der Waals surface area contributed by atoms with Crippen LogP contribution in [0.2, 0.25) is 0 Å². The van der Waals surface area contributed by atoms with Crippen molar-refractivity contribution < 1.29 is 4.79 Å². The zero-order valence-corrected chi connectivity index (χ0v) is 15.9. The van der Waals surface area contributed by atoms with Crippen molar-refractivity contribution in [3.8, 4) is 11.3 Å². The Morgan fingerprint density at radius 2 is 1.96 bits per heavy atom. The molecule has 0 fully saturated rings. The molecule has 4 rings (SSSR count). The molecule has 0 bridgehead atoms. The fourth-order valence-electron chi connectivity index (χ4n) is 3.61. The topological polar surface area (TPSA) is 51.0 Å². The van der Waals surface area contributed by atoms with Crippen molar-refractivity contribution in [2.24, 2.45) is 7.05 Å². The molecule has 5 nitrogen and oxygen atoms in total. The number of nitrogens with zero attached hydrogens (tertiary/aromatic N) is 4. The second kappa shape index (κ2) is 7.03. The van der Waals surface area contributed by atoms with Gasteiger partial charge in [0.15, 0.2) is 0 Å². The normalized spacial score (nSPS) is 14.2. The number of aromatic nitrogens is 3. The summed E-state index contributed by atoms with van der Waals surface area (Å²) >= 11 is 1.60. The molecule has 0 N–H and O–H groups in total. The van der Waals surface area contributed by atoms with Gasteiger partial charge < -0.3 is 4.90 Å². The van der Waals surface area contributed by atoms with Crippen molar-refractivity contribution in [3.05, 3.63) is 57.7 Å². The Kier molecular flexibility index (Phi) is 4.59. The molecule has 1 amide bonds. The predicted molar refractivity (Wildman–Crippen MR) is 103 cm³/mol. The molecule has 1 aliphatic heterocycles. The van der Waals surface area contributed by atoms with Crippen LogP contribution in [0.15, 0.2) is 35.7 Å². The van der Waals surface area contributed by atoms with Crippen LogP contribution in [0.5, 0.6) is 0 Å². The van der Waals surface area contributed by atoms with E-state index in [1.165, 1.54) is 11.3 Å². The number of carbonyl (C=O) groups excluding carboxylic acids is 1. The highest BCUT2D eigenvalue weighted by molar-refractivity contribution is 7.09. The van der Waals surface area contributed by atoms with E-state index < -0.39 is 0 Å². The Morgan fingerprint density at radius 1 is 1.19 bits per heavy atom. The molecule has 0 saturated carbocycles. The van der Waals surface area contributed by atoms with Crippen LogP contribution in [-0.2, 0) is 31.1 Å². The average Bonchev–Trinajstić information content (AvgIpc) is 3.10. The average molecular weight is 366 g/mol. The predicted octanol–water partition coefficient (Wildman–Crippen LogP) is 3.02. The lowest BCUT2D eigenvalue weighted by Gasteiger charge is -2.20. The lowest BCUT2D eigenvalue weighted by Crippen LogP contribution is -2.34. The fourth-order valence-corrected chi connectivity index (χ4v) is 4.22. The van der Waals surface area contributed by atoms with E-state index in [9.17, 15) is 4.79 Å². The SMILES string of the molecule is Cc1nc(CC(=O)N2CCc3c(-c4ccccc4)nn(C)c3CC2)cs1. The van der Waals surface area contributed by atoms with E-state index >= 15 is 0 Å². The highest BCUT2D eigenvalue weighted by Crippen LogP contribution is 2.28. The molecule has 1 aromatic carbocycles. The highest BCUT2D eigenvalue weighted by atomic mass is 32.1. The second-order valence-electron chi connectivity index (χ2n) is 6.68. The first-order valence-electron chi connectivity index (χ1n) is 8.91. The summed E-state index contributed by atoms with van der Waals surface area (Å²) < 4.78 is 1.98. The van der Waals surface area contributed by atoms with Gasteiger partial charge in [0, 0.05) is 48.8 Å². The summed E-state index contributed by atoms with van der Waals surface area (Å²) in [6.45, 7) is 3.45. The van der Waals surface area contributed by atoms with Crippen molar-refractivity contribution in [3.63, 3.8) is 0 Å². The number of hydrogen-bond acceptors (Lipinski definition) is 4. The lowest BCUT2D eigenvalue weighted by molar-refractivity contribution is -0.130. The van der Waals surface area contributed by atoms with Crippen LogP contribution < -0.4 is 0 Å². The minimum atomic E-state index is 0.164. The largest absolute Gasteiger partial charge is 0.342 e. The van der Waals surface area contributed by atoms with Gasteiger partial charge in [-0.1, -0.05) is 30.3 Å². The summed E-state index contributed by atoms with van der Waals surface area (Å²) in [7, 11) is 2.00. The third-order valence-corrected chi connectivity index (χ3v) is 5.75. The molecule has 3 aromatic rings. The smallest absolute Gasteiger partial charge is 0.228 e. The Labute approximate surface area is 157 Å². The third-order valence-electron chi connectivity index (χ3n) is 4.92. The summed E-state index contributed by atoms with van der Waals surface area (Å²) in [4.78, 5) is 19.1. The molecule has 6 heteroatoms. The van der Waals surface area contributed by atoms with Gasteiger partial charge >= 0.3 is 0 Å². The number of amides is 1. The first-order valence-corrected chi connectivity index (χ1v) is 9.78. The van der Waals surface area contributed by atoms with E-state index in [0.717, 1.165) is 47.9 Å². The number of rotatable bonds is 3. The monoisotopic (exact) mass is 366 g/mol. The maximum absolute atomic E-state index is 12.7. The molecular formula is C20H22N4OS. The van der Waals surface area contributed by atoms with Crippen LogP contribution in [0, 0.1) is 6.92 Å². The van der Waals surface area contributed by atoms with Gasteiger partial charge in [0.25, 0.3) is 0 Å². The summed E-state index contributed by atoms with van der Waals surface area (Å²) in [5.74, 6) is 0.164. The van der Waals surface area contributed by atoms with Crippen LogP contribution >= 0.6 is 11.3 Å². The van der Waals surface area contributed by atoms with E-state index in [1.54, 1.807) is 11.3 Å².